The van der Waals surface area contributed by atoms with E-state index in [2.05, 4.69) is 17.3 Å². The molecule has 132 valence electrons. The van der Waals surface area contributed by atoms with Crippen LogP contribution in [0.5, 0.6) is 11.5 Å². The minimum Gasteiger partial charge on any atom is -0.493 e. The molecule has 0 atom stereocenters. The predicted octanol–water partition coefficient (Wildman–Crippen LogP) is 3.85. The first-order valence-corrected chi connectivity index (χ1v) is 7.55. The molecule has 0 radical (unpaired) electrons. The first kappa shape index (κ1) is 18.0. The number of benzene rings is 1. The largest absolute Gasteiger partial charge is 0.493 e. The summed E-state index contributed by atoms with van der Waals surface area (Å²) in [5.41, 5.74) is 0.844. The van der Waals surface area contributed by atoms with Crippen molar-refractivity contribution in [3.05, 3.63) is 36.0 Å². The van der Waals surface area contributed by atoms with Gasteiger partial charge in [0.2, 0.25) is 0 Å². The molecule has 0 bridgehead atoms. The first-order valence-electron chi connectivity index (χ1n) is 7.55. The lowest BCUT2D eigenvalue weighted by Gasteiger charge is -2.13. The van der Waals surface area contributed by atoms with Gasteiger partial charge < -0.3 is 14.8 Å². The number of aromatic nitrogens is 2. The van der Waals surface area contributed by atoms with E-state index in [-0.39, 0.29) is 11.5 Å². The van der Waals surface area contributed by atoms with Gasteiger partial charge >= 0.3 is 6.18 Å². The van der Waals surface area contributed by atoms with E-state index in [0.717, 1.165) is 24.3 Å². The van der Waals surface area contributed by atoms with Crippen LogP contribution in [0.25, 0.3) is 0 Å². The van der Waals surface area contributed by atoms with Crippen molar-refractivity contribution in [3.63, 3.8) is 0 Å². The van der Waals surface area contributed by atoms with E-state index < -0.39 is 12.8 Å². The number of nitrogens with one attached hydrogen (secondary N) is 1. The lowest BCUT2D eigenvalue weighted by atomic mass is 10.2. The lowest BCUT2D eigenvalue weighted by molar-refractivity contribution is -0.153. The van der Waals surface area contributed by atoms with Crippen LogP contribution < -0.4 is 14.8 Å². The molecule has 0 aliphatic rings. The van der Waals surface area contributed by atoms with E-state index in [9.17, 15) is 13.2 Å². The highest BCUT2D eigenvalue weighted by atomic mass is 19.4. The maximum Gasteiger partial charge on any atom is 0.422 e. The molecule has 0 fully saturated rings. The van der Waals surface area contributed by atoms with Gasteiger partial charge in [0.05, 0.1) is 7.11 Å². The molecule has 1 aromatic heterocycles. The van der Waals surface area contributed by atoms with Crippen molar-refractivity contribution >= 4 is 5.82 Å². The van der Waals surface area contributed by atoms with E-state index in [1.54, 1.807) is 12.1 Å². The zero-order valence-corrected chi connectivity index (χ0v) is 13.6. The molecule has 5 nitrogen and oxygen atoms in total. The number of alkyl halides is 3. The summed E-state index contributed by atoms with van der Waals surface area (Å²) in [5.74, 6) is 1.06. The molecule has 8 heteroatoms. The second-order valence-corrected chi connectivity index (χ2v) is 5.21. The Labute approximate surface area is 138 Å². The Morgan fingerprint density at radius 2 is 2.00 bits per heavy atom. The van der Waals surface area contributed by atoms with Gasteiger partial charge in [-0.3, -0.25) is 4.68 Å². The molecule has 0 aliphatic heterocycles. The summed E-state index contributed by atoms with van der Waals surface area (Å²) in [6.07, 6.45) is -1.50. The summed E-state index contributed by atoms with van der Waals surface area (Å²) in [7, 11) is 1.39. The van der Waals surface area contributed by atoms with Crippen LogP contribution in [0.4, 0.5) is 19.0 Å². The fourth-order valence-corrected chi connectivity index (χ4v) is 2.10. The average molecular weight is 343 g/mol. The van der Waals surface area contributed by atoms with Gasteiger partial charge in [-0.05, 0) is 24.1 Å². The quantitative estimate of drug-likeness (QED) is 0.791. The average Bonchev–Trinajstić information content (AvgIpc) is 2.98. The number of aryl methyl sites for hydroxylation is 1. The Bertz CT molecular complexity index is 656. The van der Waals surface area contributed by atoms with Crippen LogP contribution in [0.3, 0.4) is 0 Å². The molecule has 2 rings (SSSR count). The first-order chi connectivity index (χ1) is 11.4. The monoisotopic (exact) mass is 343 g/mol. The Morgan fingerprint density at radius 1 is 1.21 bits per heavy atom. The predicted molar refractivity (Wildman–Crippen MR) is 84.4 cm³/mol. The molecule has 1 aromatic carbocycles. The topological polar surface area (TPSA) is 48.3 Å². The van der Waals surface area contributed by atoms with Gasteiger partial charge in [0.25, 0.3) is 0 Å². The van der Waals surface area contributed by atoms with Gasteiger partial charge in [0.15, 0.2) is 18.1 Å². The van der Waals surface area contributed by atoms with Crippen molar-refractivity contribution in [1.82, 2.24) is 9.78 Å². The number of hydrogen-bond acceptors (Lipinski definition) is 4. The third kappa shape index (κ3) is 5.36. The van der Waals surface area contributed by atoms with Gasteiger partial charge in [0.1, 0.15) is 5.82 Å². The molecule has 0 amide bonds. The van der Waals surface area contributed by atoms with E-state index >= 15 is 0 Å². The molecule has 1 heterocycles. The number of hydrogen-bond donors (Lipinski definition) is 1. The fourth-order valence-electron chi connectivity index (χ4n) is 2.10. The Hall–Kier alpha value is -2.38. The lowest BCUT2D eigenvalue weighted by Crippen LogP contribution is -2.19. The molecular formula is C16H20F3N3O2. The molecule has 0 aliphatic carbocycles. The van der Waals surface area contributed by atoms with Crippen molar-refractivity contribution in [2.24, 2.45) is 0 Å². The number of ether oxygens (including phenoxy) is 2. The van der Waals surface area contributed by atoms with Crippen molar-refractivity contribution in [2.45, 2.75) is 32.6 Å². The van der Waals surface area contributed by atoms with Crippen molar-refractivity contribution in [2.75, 3.05) is 19.0 Å². The highest BCUT2D eigenvalue weighted by Gasteiger charge is 2.29. The van der Waals surface area contributed by atoms with E-state index in [1.165, 1.54) is 13.2 Å². The zero-order chi connectivity index (χ0) is 17.6. The van der Waals surface area contributed by atoms with Crippen LogP contribution in [-0.2, 0) is 13.1 Å². The third-order valence-electron chi connectivity index (χ3n) is 3.19. The molecule has 0 spiro atoms. The Kier molecular flexibility index (Phi) is 5.94. The molecule has 0 saturated carbocycles. The highest BCUT2D eigenvalue weighted by Crippen LogP contribution is 2.30. The molecule has 2 aromatic rings. The second kappa shape index (κ2) is 7.94. The van der Waals surface area contributed by atoms with E-state index in [0.29, 0.717) is 6.54 Å². The molecule has 24 heavy (non-hydrogen) atoms. The Balaban J connectivity index is 1.97. The van der Waals surface area contributed by atoms with Gasteiger partial charge in [-0.25, -0.2) is 0 Å². The van der Waals surface area contributed by atoms with Gasteiger partial charge in [-0.2, -0.15) is 18.3 Å². The molecule has 1 N–H and O–H groups in total. The summed E-state index contributed by atoms with van der Waals surface area (Å²) >= 11 is 0. The summed E-state index contributed by atoms with van der Waals surface area (Å²) < 4.78 is 48.4. The molecule has 0 unspecified atom stereocenters. The minimum atomic E-state index is -4.39. The minimum absolute atomic E-state index is 0.0609. The normalized spacial score (nSPS) is 11.4. The smallest absolute Gasteiger partial charge is 0.422 e. The van der Waals surface area contributed by atoms with Crippen molar-refractivity contribution < 1.29 is 22.6 Å². The fraction of sp³-hybridized carbons (Fsp3) is 0.438. The van der Waals surface area contributed by atoms with Crippen LogP contribution in [-0.4, -0.2) is 29.7 Å². The van der Waals surface area contributed by atoms with Gasteiger partial charge in [-0.1, -0.05) is 13.0 Å². The number of rotatable bonds is 8. The standard InChI is InChI=1S/C16H20F3N3O2/c1-3-7-22-8-6-15(21-22)20-10-12-4-5-13(14(9-12)23-2)24-11-16(17,18)19/h4-6,8-9H,3,7,10-11H2,1-2H3,(H,20,21). The van der Waals surface area contributed by atoms with E-state index in [1.807, 2.05) is 16.9 Å². The summed E-state index contributed by atoms with van der Waals surface area (Å²) in [6, 6.07) is 6.66. The van der Waals surface area contributed by atoms with Crippen LogP contribution in [0.15, 0.2) is 30.5 Å². The number of nitrogens with zero attached hydrogens (tertiary/aromatic N) is 2. The Morgan fingerprint density at radius 3 is 2.67 bits per heavy atom. The SMILES string of the molecule is CCCn1ccc(NCc2ccc(OCC(F)(F)F)c(OC)c2)n1. The second-order valence-electron chi connectivity index (χ2n) is 5.21. The maximum atomic E-state index is 12.2. The van der Waals surface area contributed by atoms with Crippen molar-refractivity contribution in [3.8, 4) is 11.5 Å². The van der Waals surface area contributed by atoms with E-state index in [4.69, 9.17) is 9.47 Å². The number of anilines is 1. The molecule has 0 saturated heterocycles. The maximum absolute atomic E-state index is 12.2. The summed E-state index contributed by atoms with van der Waals surface area (Å²) in [5, 5.41) is 7.51. The third-order valence-corrected chi connectivity index (χ3v) is 3.19. The van der Waals surface area contributed by atoms with Crippen LogP contribution in [0.2, 0.25) is 0 Å². The summed E-state index contributed by atoms with van der Waals surface area (Å²) in [6.45, 7) is 2.04. The number of methoxy groups -OCH3 is 1. The van der Waals surface area contributed by atoms with Crippen LogP contribution >= 0.6 is 0 Å². The van der Waals surface area contributed by atoms with Gasteiger partial charge in [0, 0.05) is 25.4 Å². The molecular weight excluding hydrogens is 323 g/mol. The summed E-state index contributed by atoms with van der Waals surface area (Å²) in [4.78, 5) is 0. The van der Waals surface area contributed by atoms with Gasteiger partial charge in [-0.15, -0.1) is 0 Å². The zero-order valence-electron chi connectivity index (χ0n) is 13.6. The van der Waals surface area contributed by atoms with Crippen molar-refractivity contribution in [1.29, 1.82) is 0 Å². The number of halogens is 3. The highest BCUT2D eigenvalue weighted by molar-refractivity contribution is 5.44. The van der Waals surface area contributed by atoms with Crippen LogP contribution in [0.1, 0.15) is 18.9 Å². The van der Waals surface area contributed by atoms with Crippen LogP contribution in [0, 0.1) is 0 Å².